The number of benzene rings is 1. The number of nitrogens with zero attached hydrogens (tertiary/aromatic N) is 2. The molecule has 0 fully saturated rings. The zero-order valence-corrected chi connectivity index (χ0v) is 21.9. The topological polar surface area (TPSA) is 108 Å². The molecule has 3 aromatic rings. The van der Waals surface area contributed by atoms with Crippen molar-refractivity contribution in [1.29, 1.82) is 0 Å². The summed E-state index contributed by atoms with van der Waals surface area (Å²) >= 11 is 1.51. The molecule has 1 aliphatic carbocycles. The zero-order valence-electron chi connectivity index (χ0n) is 21.1. The molecule has 8 nitrogen and oxygen atoms in total. The van der Waals surface area contributed by atoms with Gasteiger partial charge in [0, 0.05) is 36.8 Å². The summed E-state index contributed by atoms with van der Waals surface area (Å²) in [7, 11) is 0. The van der Waals surface area contributed by atoms with Gasteiger partial charge in [0.1, 0.15) is 5.00 Å². The maximum Gasteiger partial charge on any atom is 0.261 e. The van der Waals surface area contributed by atoms with Crippen molar-refractivity contribution >= 4 is 40.0 Å². The molecule has 2 aliphatic rings. The maximum atomic E-state index is 13.2. The van der Waals surface area contributed by atoms with Gasteiger partial charge in [-0.25, -0.2) is 0 Å². The van der Waals surface area contributed by atoms with Crippen LogP contribution in [0.3, 0.4) is 0 Å². The number of hydrogen-bond donors (Lipinski definition) is 2. The molecule has 1 aliphatic heterocycles. The normalized spacial score (nSPS) is 14.3. The molecule has 1 aromatic carbocycles. The van der Waals surface area contributed by atoms with E-state index in [1.165, 1.54) is 21.1 Å². The number of fused-ring (bicyclic) bond motifs is 2. The predicted octanol–water partition coefficient (Wildman–Crippen LogP) is 4.75. The number of unbranched alkanes of at least 4 members (excludes halogenated alkanes) is 2. The molecule has 0 radical (unpaired) electrons. The van der Waals surface area contributed by atoms with Crippen LogP contribution in [-0.4, -0.2) is 40.1 Å². The first-order chi connectivity index (χ1) is 18.5. The average molecular weight is 531 g/mol. The molecule has 5 rings (SSSR count). The Labute approximate surface area is 225 Å². The SMILES string of the molecule is O=C(CCCCCN1C(=O)c2ccccc2C1=O)Nc1sc2c(c1C(=O)NCc1cccnc1)CCCC2. The number of thiophene rings is 1. The lowest BCUT2D eigenvalue weighted by Gasteiger charge is -2.14. The molecule has 0 atom stereocenters. The van der Waals surface area contributed by atoms with Crippen LogP contribution in [0.25, 0.3) is 0 Å². The van der Waals surface area contributed by atoms with E-state index in [0.29, 0.717) is 60.5 Å². The molecule has 0 unspecified atom stereocenters. The summed E-state index contributed by atoms with van der Waals surface area (Å²) in [4.78, 5) is 57.5. The Kier molecular flexibility index (Phi) is 7.93. The fraction of sp³-hybridized carbons (Fsp3) is 0.345. The van der Waals surface area contributed by atoms with Gasteiger partial charge >= 0.3 is 0 Å². The Morgan fingerprint density at radius 3 is 2.45 bits per heavy atom. The molecular formula is C29H30N4O4S. The summed E-state index contributed by atoms with van der Waals surface area (Å²) in [5.41, 5.74) is 3.47. The van der Waals surface area contributed by atoms with E-state index in [9.17, 15) is 19.2 Å². The quantitative estimate of drug-likeness (QED) is 0.291. The average Bonchev–Trinajstić information content (AvgIpc) is 3.42. The van der Waals surface area contributed by atoms with E-state index in [2.05, 4.69) is 15.6 Å². The predicted molar refractivity (Wildman–Crippen MR) is 145 cm³/mol. The van der Waals surface area contributed by atoms with Gasteiger partial charge in [-0.15, -0.1) is 11.3 Å². The number of amides is 4. The van der Waals surface area contributed by atoms with Crippen LogP contribution < -0.4 is 10.6 Å². The largest absolute Gasteiger partial charge is 0.348 e. The Hall–Kier alpha value is -3.85. The van der Waals surface area contributed by atoms with Gasteiger partial charge in [-0.2, -0.15) is 0 Å². The van der Waals surface area contributed by atoms with Crippen LogP contribution in [0.15, 0.2) is 48.8 Å². The smallest absolute Gasteiger partial charge is 0.261 e. The van der Waals surface area contributed by atoms with E-state index in [1.54, 1.807) is 36.7 Å². The van der Waals surface area contributed by atoms with E-state index >= 15 is 0 Å². The molecule has 0 saturated heterocycles. The summed E-state index contributed by atoms with van der Waals surface area (Å²) in [6.45, 7) is 0.713. The number of aryl methyl sites for hydroxylation is 1. The van der Waals surface area contributed by atoms with Gasteiger partial charge in [-0.3, -0.25) is 29.1 Å². The molecule has 0 bridgehead atoms. The first-order valence-electron chi connectivity index (χ1n) is 13.1. The van der Waals surface area contributed by atoms with Crippen LogP contribution in [0.1, 0.15) is 85.6 Å². The minimum absolute atomic E-state index is 0.134. The van der Waals surface area contributed by atoms with E-state index < -0.39 is 0 Å². The second kappa shape index (κ2) is 11.7. The Morgan fingerprint density at radius 1 is 0.947 bits per heavy atom. The summed E-state index contributed by atoms with van der Waals surface area (Å²) in [6, 6.07) is 10.6. The van der Waals surface area contributed by atoms with Crippen molar-refractivity contribution in [2.75, 3.05) is 11.9 Å². The highest BCUT2D eigenvalue weighted by molar-refractivity contribution is 7.17. The lowest BCUT2D eigenvalue weighted by molar-refractivity contribution is -0.116. The number of rotatable bonds is 10. The van der Waals surface area contributed by atoms with Gasteiger partial charge < -0.3 is 10.6 Å². The number of anilines is 1. The number of carbonyl (C=O) groups is 4. The van der Waals surface area contributed by atoms with E-state index in [4.69, 9.17) is 0 Å². The van der Waals surface area contributed by atoms with Crippen LogP contribution in [0, 0.1) is 0 Å². The molecular weight excluding hydrogens is 500 g/mol. The molecule has 0 spiro atoms. The van der Waals surface area contributed by atoms with Gasteiger partial charge in [0.25, 0.3) is 17.7 Å². The molecule has 38 heavy (non-hydrogen) atoms. The van der Waals surface area contributed by atoms with Crippen molar-refractivity contribution < 1.29 is 19.2 Å². The van der Waals surface area contributed by atoms with Crippen molar-refractivity contribution in [3.63, 3.8) is 0 Å². The van der Waals surface area contributed by atoms with Crippen molar-refractivity contribution in [3.8, 4) is 0 Å². The monoisotopic (exact) mass is 530 g/mol. The van der Waals surface area contributed by atoms with Gasteiger partial charge in [0.15, 0.2) is 0 Å². The molecule has 2 N–H and O–H groups in total. The van der Waals surface area contributed by atoms with Gasteiger partial charge in [-0.05, 0) is 67.9 Å². The molecule has 0 saturated carbocycles. The van der Waals surface area contributed by atoms with E-state index in [1.807, 2.05) is 12.1 Å². The summed E-state index contributed by atoms with van der Waals surface area (Å²) in [5, 5.41) is 6.60. The standard InChI is InChI=1S/C29H30N4O4S/c34-24(14-2-1-7-16-33-28(36)20-10-3-4-11-21(20)29(33)37)32-27-25(22-12-5-6-13-23(22)38-27)26(35)31-18-19-9-8-15-30-17-19/h3-4,8-11,15,17H,1-2,5-7,12-14,16,18H2,(H,31,35)(H,32,34). The third-order valence-corrected chi connectivity index (χ3v) is 8.20. The summed E-state index contributed by atoms with van der Waals surface area (Å²) < 4.78 is 0. The number of carbonyl (C=O) groups excluding carboxylic acids is 4. The highest BCUT2D eigenvalue weighted by Crippen LogP contribution is 2.38. The van der Waals surface area contributed by atoms with Gasteiger partial charge in [0.05, 0.1) is 16.7 Å². The maximum absolute atomic E-state index is 13.2. The Morgan fingerprint density at radius 2 is 1.71 bits per heavy atom. The second-order valence-corrected chi connectivity index (χ2v) is 10.7. The highest BCUT2D eigenvalue weighted by atomic mass is 32.1. The fourth-order valence-corrected chi connectivity index (χ4v) is 6.33. The summed E-state index contributed by atoms with van der Waals surface area (Å²) in [5.74, 6) is -0.811. The minimum atomic E-state index is -0.251. The van der Waals surface area contributed by atoms with Crippen LogP contribution in [0.4, 0.5) is 5.00 Å². The first kappa shape index (κ1) is 25.8. The molecule has 2 aromatic heterocycles. The minimum Gasteiger partial charge on any atom is -0.348 e. The van der Waals surface area contributed by atoms with Crippen molar-refractivity contribution in [1.82, 2.24) is 15.2 Å². The van der Waals surface area contributed by atoms with Crippen molar-refractivity contribution in [2.24, 2.45) is 0 Å². The van der Waals surface area contributed by atoms with E-state index in [-0.39, 0.29) is 23.6 Å². The first-order valence-corrected chi connectivity index (χ1v) is 13.9. The van der Waals surface area contributed by atoms with Crippen molar-refractivity contribution in [2.45, 2.75) is 57.9 Å². The highest BCUT2D eigenvalue weighted by Gasteiger charge is 2.34. The van der Waals surface area contributed by atoms with Crippen LogP contribution in [0.2, 0.25) is 0 Å². The number of nitrogens with one attached hydrogen (secondary N) is 2. The van der Waals surface area contributed by atoms with E-state index in [0.717, 1.165) is 36.8 Å². The second-order valence-electron chi connectivity index (χ2n) is 9.63. The third-order valence-electron chi connectivity index (χ3n) is 6.99. The molecule has 4 amide bonds. The lowest BCUT2D eigenvalue weighted by atomic mass is 9.95. The number of pyridine rings is 1. The number of hydrogen-bond acceptors (Lipinski definition) is 6. The van der Waals surface area contributed by atoms with Crippen LogP contribution in [0.5, 0.6) is 0 Å². The Bertz CT molecular complexity index is 1330. The van der Waals surface area contributed by atoms with Gasteiger partial charge in [-0.1, -0.05) is 24.6 Å². The van der Waals surface area contributed by atoms with Gasteiger partial charge in [0.2, 0.25) is 5.91 Å². The zero-order chi connectivity index (χ0) is 26.5. The number of aromatic nitrogens is 1. The van der Waals surface area contributed by atoms with Crippen LogP contribution in [-0.2, 0) is 24.2 Å². The third kappa shape index (κ3) is 5.52. The van der Waals surface area contributed by atoms with Crippen LogP contribution >= 0.6 is 11.3 Å². The number of imide groups is 1. The Balaban J connectivity index is 1.13. The fourth-order valence-electron chi connectivity index (χ4n) is 5.03. The molecule has 9 heteroatoms. The summed E-state index contributed by atoms with van der Waals surface area (Å²) in [6.07, 6.45) is 9.58. The molecule has 196 valence electrons. The lowest BCUT2D eigenvalue weighted by Crippen LogP contribution is -2.30. The van der Waals surface area contributed by atoms with Crippen molar-refractivity contribution in [3.05, 3.63) is 81.5 Å². The molecule has 3 heterocycles.